The van der Waals surface area contributed by atoms with Crippen molar-refractivity contribution in [2.24, 2.45) is 62.9 Å². The molecule has 10 rings (SSSR count). The summed E-state index contributed by atoms with van der Waals surface area (Å²) in [5, 5.41) is 41.3. The van der Waals surface area contributed by atoms with E-state index in [2.05, 4.69) is 76.3 Å². The highest BCUT2D eigenvalue weighted by Gasteiger charge is 2.81. The van der Waals surface area contributed by atoms with Crippen molar-refractivity contribution in [3.05, 3.63) is 70.6 Å². The number of hydrogen-bond donors (Lipinski definition) is 5. The van der Waals surface area contributed by atoms with Crippen LogP contribution in [0.2, 0.25) is 0 Å². The van der Waals surface area contributed by atoms with Gasteiger partial charge in [-0.2, -0.15) is 0 Å². The van der Waals surface area contributed by atoms with Gasteiger partial charge in [-0.05, 0) is 171 Å². The summed E-state index contributed by atoms with van der Waals surface area (Å²) in [6, 6.07) is 10.9. The van der Waals surface area contributed by atoms with Crippen LogP contribution in [0.1, 0.15) is 131 Å². The molecule has 1 aromatic rings. The number of Topliss-reactive ketones (excluding diaryl/α,β-unsaturated/α-hetero) is 1. The summed E-state index contributed by atoms with van der Waals surface area (Å²) in [6.45, 7) is 14.8. The number of benzene rings is 1. The molecule has 3 aliphatic heterocycles. The van der Waals surface area contributed by atoms with E-state index in [1.54, 1.807) is 0 Å². The van der Waals surface area contributed by atoms with Crippen molar-refractivity contribution in [1.29, 1.82) is 0 Å². The standard InChI is InChI=1S/C51H72N2O6/c1-30-18-23-58-50(28-30,44-43(59-44)48(6,56)45(2,3)19-14-32-17-22-53-39(52)24-32)38-26-34-12-13-36-40-42-47(5)33(25-35(54)27-37(47)41(36)55)16-21-49(42,29-46(38,4)51(34,40)57)20-15-31-10-8-7-9-11-31/h7-11,17,24,30,33-35,37-38,42-44,53-54,56-57H,12-16,18-23,25-29,52H2,1-6H3. The van der Waals surface area contributed by atoms with E-state index in [1.165, 1.54) is 11.1 Å². The molecule has 9 aliphatic rings. The molecule has 2 saturated heterocycles. The van der Waals surface area contributed by atoms with Crippen LogP contribution >= 0.6 is 0 Å². The van der Waals surface area contributed by atoms with Crippen molar-refractivity contribution < 1.29 is 29.6 Å². The lowest BCUT2D eigenvalue weighted by molar-refractivity contribution is -0.238. The van der Waals surface area contributed by atoms with Gasteiger partial charge >= 0.3 is 0 Å². The molecule has 6 fully saturated rings. The Morgan fingerprint density at radius 2 is 1.80 bits per heavy atom. The molecule has 15 unspecified atom stereocenters. The van der Waals surface area contributed by atoms with Crippen LogP contribution in [0.3, 0.4) is 0 Å². The van der Waals surface area contributed by atoms with E-state index in [1.807, 2.05) is 13.0 Å². The Labute approximate surface area is 352 Å². The van der Waals surface area contributed by atoms with Crippen LogP contribution in [0.4, 0.5) is 0 Å². The Hall–Kier alpha value is -2.49. The molecule has 0 amide bonds. The fourth-order valence-corrected chi connectivity index (χ4v) is 16.4. The van der Waals surface area contributed by atoms with Gasteiger partial charge in [-0.15, -0.1) is 0 Å². The maximum Gasteiger partial charge on any atom is 0.162 e. The summed E-state index contributed by atoms with van der Waals surface area (Å²) < 4.78 is 14.3. The van der Waals surface area contributed by atoms with Crippen LogP contribution in [0.25, 0.3) is 0 Å². The molecule has 59 heavy (non-hydrogen) atoms. The van der Waals surface area contributed by atoms with E-state index in [0.29, 0.717) is 31.2 Å². The van der Waals surface area contributed by atoms with Crippen molar-refractivity contribution in [3.8, 4) is 0 Å². The van der Waals surface area contributed by atoms with Crippen LogP contribution in [0.5, 0.6) is 0 Å². The van der Waals surface area contributed by atoms with E-state index >= 15 is 4.79 Å². The van der Waals surface area contributed by atoms with E-state index in [0.717, 1.165) is 94.7 Å². The normalized spacial score (nSPS) is 47.1. The summed E-state index contributed by atoms with van der Waals surface area (Å²) >= 11 is 0. The molecule has 0 spiro atoms. The summed E-state index contributed by atoms with van der Waals surface area (Å²) in [7, 11) is 0. The third kappa shape index (κ3) is 5.60. The first-order valence-corrected chi connectivity index (χ1v) is 23.6. The highest BCUT2D eigenvalue weighted by atomic mass is 16.6. The maximum atomic E-state index is 15.1. The van der Waals surface area contributed by atoms with E-state index in [-0.39, 0.29) is 52.3 Å². The van der Waals surface area contributed by atoms with Gasteiger partial charge in [0.15, 0.2) is 5.78 Å². The van der Waals surface area contributed by atoms with E-state index in [9.17, 15) is 15.3 Å². The molecule has 0 bridgehead atoms. The second kappa shape index (κ2) is 13.5. The zero-order chi connectivity index (χ0) is 41.5. The molecule has 6 aliphatic carbocycles. The van der Waals surface area contributed by atoms with Crippen LogP contribution in [0, 0.1) is 57.2 Å². The molecule has 322 valence electrons. The highest BCUT2D eigenvalue weighted by molar-refractivity contribution is 6.00. The number of aliphatic hydroxyl groups is 3. The minimum Gasteiger partial charge on any atom is -0.393 e. The molecule has 0 radical (unpaired) electrons. The van der Waals surface area contributed by atoms with Crippen LogP contribution in [-0.2, 0) is 20.7 Å². The average Bonchev–Trinajstić information content (AvgIpc) is 3.98. The smallest absolute Gasteiger partial charge is 0.162 e. The molecular weight excluding hydrogens is 737 g/mol. The van der Waals surface area contributed by atoms with Gasteiger partial charge in [0.25, 0.3) is 0 Å². The highest BCUT2D eigenvalue weighted by Crippen LogP contribution is 2.81. The van der Waals surface area contributed by atoms with Gasteiger partial charge in [-0.1, -0.05) is 71.0 Å². The number of nitrogens with one attached hydrogen (secondary N) is 1. The molecule has 8 heteroatoms. The number of allylic oxidation sites excluding steroid dienone is 3. The number of nitrogens with two attached hydrogens (primary N) is 1. The van der Waals surface area contributed by atoms with Crippen molar-refractivity contribution in [3.63, 3.8) is 0 Å². The lowest BCUT2D eigenvalue weighted by Crippen LogP contribution is -2.72. The van der Waals surface area contributed by atoms with Crippen LogP contribution < -0.4 is 11.1 Å². The molecular formula is C51H72N2O6. The summed E-state index contributed by atoms with van der Waals surface area (Å²) in [5.74, 6) is 1.50. The van der Waals surface area contributed by atoms with Gasteiger partial charge in [-0.3, -0.25) is 4.79 Å². The van der Waals surface area contributed by atoms with Crippen molar-refractivity contribution >= 4 is 5.78 Å². The Morgan fingerprint density at radius 3 is 2.54 bits per heavy atom. The van der Waals surface area contributed by atoms with Crippen molar-refractivity contribution in [2.45, 2.75) is 167 Å². The SMILES string of the molecule is CC1CCOC(C2OC2C(C)(O)C(C)(C)CCC2=CCNC(N)=C2)(C2CC3CCC4=C5C6C(CCc7ccccc7)(CCC7CC(O)CC(C4=O)C76C)CC2(C)C53O)C1. The quantitative estimate of drug-likeness (QED) is 0.152. The van der Waals surface area contributed by atoms with Gasteiger partial charge in [0.2, 0.25) is 0 Å². The molecule has 0 aromatic heterocycles. The predicted octanol–water partition coefficient (Wildman–Crippen LogP) is 7.70. The van der Waals surface area contributed by atoms with Gasteiger partial charge in [0.05, 0.1) is 23.1 Å². The fourth-order valence-electron chi connectivity index (χ4n) is 16.4. The third-order valence-electron chi connectivity index (χ3n) is 19.7. The lowest BCUT2D eigenvalue weighted by Gasteiger charge is -2.73. The number of carbonyl (C=O) groups is 1. The van der Waals surface area contributed by atoms with Gasteiger partial charge < -0.3 is 35.8 Å². The number of carbonyl (C=O) groups excluding carboxylic acids is 1. The first kappa shape index (κ1) is 40.6. The number of aryl methyl sites for hydroxylation is 1. The average molecular weight is 809 g/mol. The van der Waals surface area contributed by atoms with E-state index in [4.69, 9.17) is 15.2 Å². The minimum absolute atomic E-state index is 0.0115. The van der Waals surface area contributed by atoms with Crippen LogP contribution in [0.15, 0.2) is 65.0 Å². The van der Waals surface area contributed by atoms with Gasteiger partial charge in [0, 0.05) is 24.5 Å². The molecule has 6 N–H and O–H groups in total. The van der Waals surface area contributed by atoms with Gasteiger partial charge in [-0.25, -0.2) is 0 Å². The first-order valence-electron chi connectivity index (χ1n) is 23.6. The largest absolute Gasteiger partial charge is 0.393 e. The first-order chi connectivity index (χ1) is 27.9. The lowest BCUT2D eigenvalue weighted by atomic mass is 9.32. The number of aliphatic hydroxyl groups excluding tert-OH is 1. The zero-order valence-electron chi connectivity index (χ0n) is 36.7. The van der Waals surface area contributed by atoms with Gasteiger partial charge in [0.1, 0.15) is 17.8 Å². The zero-order valence-corrected chi connectivity index (χ0v) is 36.7. The van der Waals surface area contributed by atoms with Crippen LogP contribution in [-0.4, -0.2) is 69.4 Å². The third-order valence-corrected chi connectivity index (χ3v) is 19.7. The second-order valence-corrected chi connectivity index (χ2v) is 22.9. The topological polar surface area (TPSA) is 138 Å². The maximum absolute atomic E-state index is 15.1. The summed E-state index contributed by atoms with van der Waals surface area (Å²) in [4.78, 5) is 15.1. The summed E-state index contributed by atoms with van der Waals surface area (Å²) in [5.41, 5.74) is 6.30. The number of ketones is 1. The molecule has 3 heterocycles. The Morgan fingerprint density at radius 1 is 1.02 bits per heavy atom. The monoisotopic (exact) mass is 809 g/mol. The Bertz CT molecular complexity index is 1970. The molecule has 4 saturated carbocycles. The Kier molecular flexibility index (Phi) is 9.29. The number of epoxide rings is 1. The summed E-state index contributed by atoms with van der Waals surface area (Å²) in [6.07, 6.45) is 15.0. The minimum atomic E-state index is -1.13. The number of hydrogen-bond acceptors (Lipinski definition) is 8. The predicted molar refractivity (Wildman–Crippen MR) is 229 cm³/mol. The second-order valence-electron chi connectivity index (χ2n) is 22.9. The van der Waals surface area contributed by atoms with E-state index < -0.39 is 39.8 Å². The molecule has 8 nitrogen and oxygen atoms in total. The molecule has 1 aromatic carbocycles. The molecule has 15 atom stereocenters. The Balaban J connectivity index is 1.07. The fraction of sp³-hybridized carbons (Fsp3) is 0.745. The number of rotatable bonds is 10. The van der Waals surface area contributed by atoms with Crippen molar-refractivity contribution in [1.82, 2.24) is 5.32 Å². The number of ether oxygens (including phenoxy) is 2. The number of dihydropyridines is 1. The van der Waals surface area contributed by atoms with Crippen molar-refractivity contribution in [2.75, 3.05) is 13.2 Å².